The monoisotopic (exact) mass is 407 g/mol. The lowest BCUT2D eigenvalue weighted by molar-refractivity contribution is -0.121. The second kappa shape index (κ2) is 18.7. The maximum atomic E-state index is 11.6. The molecule has 0 aromatic carbocycles. The highest BCUT2D eigenvalue weighted by Crippen LogP contribution is 2.13. The molecule has 0 radical (unpaired) electrons. The van der Waals surface area contributed by atoms with Crippen molar-refractivity contribution in [2.75, 3.05) is 18.9 Å². The van der Waals surface area contributed by atoms with Gasteiger partial charge in [0.05, 0.1) is 5.75 Å². The van der Waals surface area contributed by atoms with Gasteiger partial charge in [0, 0.05) is 19.6 Å². The molecule has 0 saturated heterocycles. The molecule has 0 spiro atoms. The van der Waals surface area contributed by atoms with Crippen LogP contribution < -0.4 is 5.32 Å². The summed E-state index contributed by atoms with van der Waals surface area (Å²) in [6.07, 6.45) is 16.6. The Hall–Kier alpha value is -0.660. The molecule has 0 heterocycles. The van der Waals surface area contributed by atoms with Crippen LogP contribution in [0.1, 0.15) is 103 Å². The molecule has 6 nitrogen and oxygen atoms in total. The van der Waals surface area contributed by atoms with E-state index in [1.807, 2.05) is 0 Å². The smallest absolute Gasteiger partial charge is 0.264 e. The number of rotatable bonds is 20. The van der Waals surface area contributed by atoms with E-state index in [-0.39, 0.29) is 18.3 Å². The summed E-state index contributed by atoms with van der Waals surface area (Å²) in [5.74, 6) is 0.0217. The van der Waals surface area contributed by atoms with Crippen LogP contribution in [-0.2, 0) is 14.9 Å². The molecular formula is C20H41NO5S. The van der Waals surface area contributed by atoms with Gasteiger partial charge in [0.15, 0.2) is 0 Å². The number of unbranched alkanes of at least 4 members (excludes halogenated alkanes) is 13. The zero-order chi connectivity index (χ0) is 20.2. The van der Waals surface area contributed by atoms with Crippen molar-refractivity contribution >= 4 is 16.0 Å². The number of hydrogen-bond donors (Lipinski definition) is 3. The van der Waals surface area contributed by atoms with Crippen LogP contribution in [0.5, 0.6) is 0 Å². The SMILES string of the molecule is O=C(CCCCCCCCCCCCCCCS(=O)(=O)O)NCCCCO. The first-order valence-corrected chi connectivity index (χ1v) is 12.4. The minimum Gasteiger partial charge on any atom is -0.396 e. The Bertz CT molecular complexity index is 440. The van der Waals surface area contributed by atoms with Crippen LogP contribution in [0.15, 0.2) is 0 Å². The number of aliphatic hydroxyl groups excluding tert-OH is 1. The Morgan fingerprint density at radius 2 is 1.11 bits per heavy atom. The molecule has 1 amide bonds. The molecule has 162 valence electrons. The highest BCUT2D eigenvalue weighted by Gasteiger charge is 2.03. The van der Waals surface area contributed by atoms with Crippen molar-refractivity contribution in [1.82, 2.24) is 5.32 Å². The lowest BCUT2D eigenvalue weighted by Crippen LogP contribution is -2.24. The van der Waals surface area contributed by atoms with Gasteiger partial charge in [0.1, 0.15) is 0 Å². The molecule has 0 saturated carbocycles. The molecule has 3 N–H and O–H groups in total. The fraction of sp³-hybridized carbons (Fsp3) is 0.950. The fourth-order valence-corrected chi connectivity index (χ4v) is 3.64. The summed E-state index contributed by atoms with van der Waals surface area (Å²) in [4.78, 5) is 11.6. The molecule has 0 fully saturated rings. The average Bonchev–Trinajstić information content (AvgIpc) is 2.61. The predicted molar refractivity (Wildman–Crippen MR) is 110 cm³/mol. The zero-order valence-electron chi connectivity index (χ0n) is 17.0. The van der Waals surface area contributed by atoms with E-state index in [2.05, 4.69) is 5.32 Å². The third kappa shape index (κ3) is 23.3. The van der Waals surface area contributed by atoms with Crippen molar-refractivity contribution in [1.29, 1.82) is 0 Å². The van der Waals surface area contributed by atoms with Gasteiger partial charge in [-0.15, -0.1) is 0 Å². The van der Waals surface area contributed by atoms with Crippen LogP contribution in [0.2, 0.25) is 0 Å². The molecule has 0 aliphatic heterocycles. The standard InChI is InChI=1S/C20H41NO5S/c22-18-14-13-17-21-20(23)16-12-10-8-6-4-2-1-3-5-7-9-11-15-19-27(24,25)26/h22H,1-19H2,(H,21,23)(H,24,25,26). The highest BCUT2D eigenvalue weighted by molar-refractivity contribution is 7.85. The number of nitrogens with one attached hydrogen (secondary N) is 1. The Morgan fingerprint density at radius 1 is 0.667 bits per heavy atom. The first-order valence-electron chi connectivity index (χ1n) is 10.8. The Morgan fingerprint density at radius 3 is 1.56 bits per heavy atom. The molecule has 0 aromatic rings. The van der Waals surface area contributed by atoms with Gasteiger partial charge in [0.2, 0.25) is 5.91 Å². The van der Waals surface area contributed by atoms with Crippen LogP contribution >= 0.6 is 0 Å². The van der Waals surface area contributed by atoms with Gasteiger partial charge in [-0.3, -0.25) is 9.35 Å². The van der Waals surface area contributed by atoms with Crippen molar-refractivity contribution in [3.63, 3.8) is 0 Å². The van der Waals surface area contributed by atoms with Crippen LogP contribution in [0.3, 0.4) is 0 Å². The lowest BCUT2D eigenvalue weighted by Gasteiger charge is -2.05. The van der Waals surface area contributed by atoms with Gasteiger partial charge in [-0.05, 0) is 25.7 Å². The van der Waals surface area contributed by atoms with Crippen molar-refractivity contribution < 1.29 is 22.9 Å². The van der Waals surface area contributed by atoms with E-state index in [0.29, 0.717) is 19.4 Å². The van der Waals surface area contributed by atoms with E-state index in [0.717, 1.165) is 44.9 Å². The molecule has 7 heteroatoms. The third-order valence-electron chi connectivity index (χ3n) is 4.71. The minimum atomic E-state index is -3.78. The summed E-state index contributed by atoms with van der Waals surface area (Å²) in [7, 11) is -3.78. The zero-order valence-corrected chi connectivity index (χ0v) is 17.8. The highest BCUT2D eigenvalue weighted by atomic mass is 32.2. The lowest BCUT2D eigenvalue weighted by atomic mass is 10.0. The van der Waals surface area contributed by atoms with Gasteiger partial charge in [0.25, 0.3) is 10.1 Å². The second-order valence-electron chi connectivity index (χ2n) is 7.41. The Balaban J connectivity index is 3.15. The molecule has 0 bridgehead atoms. The molecule has 0 rings (SSSR count). The number of amides is 1. The van der Waals surface area contributed by atoms with Crippen LogP contribution in [0.4, 0.5) is 0 Å². The molecule has 0 atom stereocenters. The fourth-order valence-electron chi connectivity index (χ4n) is 3.07. The normalized spacial score (nSPS) is 11.6. The summed E-state index contributed by atoms with van der Waals surface area (Å²) < 4.78 is 29.8. The molecule has 0 aliphatic carbocycles. The number of carbonyl (C=O) groups is 1. The third-order valence-corrected chi connectivity index (χ3v) is 5.52. The molecular weight excluding hydrogens is 366 g/mol. The predicted octanol–water partition coefficient (Wildman–Crippen LogP) is 4.22. The molecule has 0 aliphatic rings. The van der Waals surface area contributed by atoms with E-state index in [9.17, 15) is 13.2 Å². The van der Waals surface area contributed by atoms with Gasteiger partial charge < -0.3 is 10.4 Å². The number of carbonyl (C=O) groups excluding carboxylic acids is 1. The largest absolute Gasteiger partial charge is 0.396 e. The first-order chi connectivity index (χ1) is 13.0. The van der Waals surface area contributed by atoms with E-state index in [1.54, 1.807) is 0 Å². The van der Waals surface area contributed by atoms with Crippen LogP contribution in [0.25, 0.3) is 0 Å². The summed E-state index contributed by atoms with van der Waals surface area (Å²) in [5, 5.41) is 11.5. The van der Waals surface area contributed by atoms with E-state index >= 15 is 0 Å². The van der Waals surface area contributed by atoms with Crippen LogP contribution in [0, 0.1) is 0 Å². The quantitative estimate of drug-likeness (QED) is 0.207. The first kappa shape index (κ1) is 26.3. The minimum absolute atomic E-state index is 0.109. The summed E-state index contributed by atoms with van der Waals surface area (Å²) in [6.45, 7) is 0.861. The summed E-state index contributed by atoms with van der Waals surface area (Å²) >= 11 is 0. The topological polar surface area (TPSA) is 104 Å². The summed E-state index contributed by atoms with van der Waals surface area (Å²) in [5.41, 5.74) is 0. The maximum absolute atomic E-state index is 11.6. The molecule has 27 heavy (non-hydrogen) atoms. The van der Waals surface area contributed by atoms with Crippen molar-refractivity contribution in [3.8, 4) is 0 Å². The average molecular weight is 408 g/mol. The van der Waals surface area contributed by atoms with Gasteiger partial charge in [-0.25, -0.2) is 0 Å². The molecule has 0 aromatic heterocycles. The van der Waals surface area contributed by atoms with E-state index in [4.69, 9.17) is 9.66 Å². The van der Waals surface area contributed by atoms with E-state index < -0.39 is 10.1 Å². The van der Waals surface area contributed by atoms with Crippen molar-refractivity contribution in [3.05, 3.63) is 0 Å². The van der Waals surface area contributed by atoms with Gasteiger partial charge >= 0.3 is 0 Å². The van der Waals surface area contributed by atoms with Crippen molar-refractivity contribution in [2.24, 2.45) is 0 Å². The Labute approximate surface area is 166 Å². The maximum Gasteiger partial charge on any atom is 0.264 e. The van der Waals surface area contributed by atoms with Gasteiger partial charge in [-0.1, -0.05) is 70.6 Å². The summed E-state index contributed by atoms with van der Waals surface area (Å²) in [6, 6.07) is 0. The van der Waals surface area contributed by atoms with Crippen LogP contribution in [-0.4, -0.2) is 42.9 Å². The Kier molecular flexibility index (Phi) is 18.2. The number of hydrogen-bond acceptors (Lipinski definition) is 4. The van der Waals surface area contributed by atoms with Gasteiger partial charge in [-0.2, -0.15) is 8.42 Å². The van der Waals surface area contributed by atoms with E-state index in [1.165, 1.54) is 44.9 Å². The number of aliphatic hydroxyl groups is 1. The second-order valence-corrected chi connectivity index (χ2v) is 8.98. The van der Waals surface area contributed by atoms with Crippen molar-refractivity contribution in [2.45, 2.75) is 103 Å². The molecule has 0 unspecified atom stereocenters.